The minimum atomic E-state index is 0. The van der Waals surface area contributed by atoms with Crippen molar-refractivity contribution in [2.75, 3.05) is 0 Å². The van der Waals surface area contributed by atoms with E-state index >= 15 is 0 Å². The molecule has 12 rings (SSSR count). The summed E-state index contributed by atoms with van der Waals surface area (Å²) in [4.78, 5) is 13.9. The number of benzene rings is 9. The Morgan fingerprint density at radius 2 is 0.693 bits per heavy atom. The zero-order chi connectivity index (χ0) is 49.6. The molecule has 75 heavy (non-hydrogen) atoms. The van der Waals surface area contributed by atoms with Crippen LogP contribution in [0.1, 0.15) is 5.56 Å². The van der Waals surface area contributed by atoms with Crippen molar-refractivity contribution in [3.8, 4) is 129 Å². The van der Waals surface area contributed by atoms with E-state index in [9.17, 15) is 5.26 Å². The van der Waals surface area contributed by atoms with Crippen LogP contribution in [0.5, 0.6) is 0 Å². The minimum Gasteiger partial charge on any atom is -0.305 e. The largest absolute Gasteiger partial charge is 3.00 e. The Kier molecular flexibility index (Phi) is 13.9. The Balaban J connectivity index is 0.00000602. The molecule has 0 saturated heterocycles. The monoisotopic (exact) mass is 1130 g/mol. The van der Waals surface area contributed by atoms with Crippen LogP contribution in [-0.2, 0) is 20.1 Å². The molecule has 0 spiro atoms. The first-order valence-electron chi connectivity index (χ1n) is 24.5. The molecule has 0 aliphatic heterocycles. The van der Waals surface area contributed by atoms with Crippen LogP contribution < -0.4 is 0 Å². The second kappa shape index (κ2) is 21.7. The van der Waals surface area contributed by atoms with E-state index in [0.717, 1.165) is 123 Å². The number of hydrogen-bond acceptors (Lipinski definition) is 4. The Morgan fingerprint density at radius 1 is 0.280 bits per heavy atom. The zero-order valence-electron chi connectivity index (χ0n) is 40.4. The number of nitriles is 1. The second-order valence-electron chi connectivity index (χ2n) is 18.0. The molecule has 3 aromatic heterocycles. The van der Waals surface area contributed by atoms with E-state index < -0.39 is 0 Å². The molecule has 0 unspecified atom stereocenters. The van der Waals surface area contributed by atoms with E-state index in [1.807, 2.05) is 91.3 Å². The van der Waals surface area contributed by atoms with Crippen LogP contribution in [0.2, 0.25) is 0 Å². The molecule has 12 aromatic rings. The smallest absolute Gasteiger partial charge is 0.305 e. The molecule has 0 bridgehead atoms. The third kappa shape index (κ3) is 9.93. The van der Waals surface area contributed by atoms with Gasteiger partial charge in [0, 0.05) is 18.6 Å². The van der Waals surface area contributed by atoms with Gasteiger partial charge in [-0.1, -0.05) is 191 Å². The molecular weight excluding hydrogens is 1090 g/mol. The Labute approximate surface area is 451 Å². The maximum Gasteiger partial charge on any atom is 3.00 e. The average molecular weight is 1130 g/mol. The first kappa shape index (κ1) is 47.9. The van der Waals surface area contributed by atoms with Crippen molar-refractivity contribution >= 4 is 0 Å². The van der Waals surface area contributed by atoms with Gasteiger partial charge in [-0.25, -0.2) is 0 Å². The summed E-state index contributed by atoms with van der Waals surface area (Å²) in [6.45, 7) is 0. The molecule has 5 heteroatoms. The van der Waals surface area contributed by atoms with E-state index in [-0.39, 0.29) is 20.1 Å². The maximum absolute atomic E-state index is 10.9. The predicted octanol–water partition coefficient (Wildman–Crippen LogP) is 17.5. The number of nitrogens with zero attached hydrogens (tertiary/aromatic N) is 4. The van der Waals surface area contributed by atoms with E-state index in [4.69, 9.17) is 4.98 Å². The van der Waals surface area contributed by atoms with E-state index in [1.165, 1.54) is 0 Å². The van der Waals surface area contributed by atoms with Gasteiger partial charge in [0.1, 0.15) is 0 Å². The molecule has 4 nitrogen and oxygen atoms in total. The second-order valence-corrected chi connectivity index (χ2v) is 18.0. The summed E-state index contributed by atoms with van der Waals surface area (Å²) in [7, 11) is 0. The van der Waals surface area contributed by atoms with Crippen molar-refractivity contribution < 1.29 is 20.1 Å². The van der Waals surface area contributed by atoms with Gasteiger partial charge < -0.3 is 15.0 Å². The van der Waals surface area contributed by atoms with Gasteiger partial charge in [-0.2, -0.15) is 5.26 Å². The fraction of sp³-hybridized carbons (Fsp3) is 0. The van der Waals surface area contributed by atoms with Crippen LogP contribution in [0.3, 0.4) is 0 Å². The number of aromatic nitrogens is 3. The molecule has 0 aliphatic carbocycles. The molecule has 0 radical (unpaired) electrons. The summed E-state index contributed by atoms with van der Waals surface area (Å²) >= 11 is 0. The van der Waals surface area contributed by atoms with Crippen LogP contribution in [0, 0.1) is 29.5 Å². The van der Waals surface area contributed by atoms with Gasteiger partial charge in [-0.3, -0.25) is 0 Å². The molecule has 3 heterocycles. The third-order valence-electron chi connectivity index (χ3n) is 13.5. The Morgan fingerprint density at radius 3 is 1.15 bits per heavy atom. The van der Waals surface area contributed by atoms with Gasteiger partial charge in [-0.05, 0) is 110 Å². The van der Waals surface area contributed by atoms with Crippen LogP contribution in [0.25, 0.3) is 123 Å². The Bertz CT molecular complexity index is 3840. The minimum absolute atomic E-state index is 0. The molecule has 0 atom stereocenters. The molecule has 0 aliphatic rings. The standard InChI is InChI=1S/C70H43N4.Ir/c71-47-58-42-53(48-16-2-1-3-17-48)35-37-64(58)67-46-54(70-26-12-15-41-74-70)36-38-66(67)65-23-9-8-22-63(65)57-44-55(61-20-6-4-18-59(61)49-27-31-51(32-28-49)68-24-10-13-39-72-68)43-56(45-57)62-21-7-5-19-60(62)50-29-33-52(34-30-50)69-25-11-14-40-73-69;/h1-31,33,35,37-46H;/q-3;+3. The van der Waals surface area contributed by atoms with Crippen molar-refractivity contribution in [2.24, 2.45) is 0 Å². The van der Waals surface area contributed by atoms with Crippen LogP contribution in [0.15, 0.2) is 261 Å². The zero-order valence-corrected chi connectivity index (χ0v) is 42.8. The van der Waals surface area contributed by atoms with E-state index in [0.29, 0.717) is 5.56 Å². The number of rotatable bonds is 11. The summed E-state index contributed by atoms with van der Waals surface area (Å²) in [5, 5.41) is 10.9. The van der Waals surface area contributed by atoms with Gasteiger partial charge in [0.15, 0.2) is 0 Å². The third-order valence-corrected chi connectivity index (χ3v) is 13.5. The van der Waals surface area contributed by atoms with Crippen LogP contribution in [0.4, 0.5) is 0 Å². The van der Waals surface area contributed by atoms with Crippen LogP contribution in [-0.4, -0.2) is 15.0 Å². The molecule has 0 fully saturated rings. The van der Waals surface area contributed by atoms with Gasteiger partial charge in [-0.15, -0.1) is 83.4 Å². The molecule has 0 N–H and O–H groups in total. The first-order valence-corrected chi connectivity index (χ1v) is 24.5. The summed E-state index contributed by atoms with van der Waals surface area (Å²) < 4.78 is 0. The molecule has 9 aromatic carbocycles. The number of pyridine rings is 3. The van der Waals surface area contributed by atoms with Crippen molar-refractivity contribution in [1.29, 1.82) is 5.26 Å². The first-order chi connectivity index (χ1) is 36.6. The van der Waals surface area contributed by atoms with E-state index in [2.05, 4.69) is 198 Å². The van der Waals surface area contributed by atoms with Gasteiger partial charge in [0.2, 0.25) is 0 Å². The predicted molar refractivity (Wildman–Crippen MR) is 301 cm³/mol. The van der Waals surface area contributed by atoms with Crippen molar-refractivity contribution in [3.05, 3.63) is 285 Å². The van der Waals surface area contributed by atoms with Crippen LogP contribution >= 0.6 is 0 Å². The summed E-state index contributed by atoms with van der Waals surface area (Å²) in [6, 6.07) is 96.9. The number of hydrogen-bond donors (Lipinski definition) is 0. The molecule has 0 amide bonds. The van der Waals surface area contributed by atoms with Crippen molar-refractivity contribution in [2.45, 2.75) is 0 Å². The fourth-order valence-corrected chi connectivity index (χ4v) is 9.87. The van der Waals surface area contributed by atoms with Crippen molar-refractivity contribution in [3.63, 3.8) is 0 Å². The van der Waals surface area contributed by atoms with E-state index in [1.54, 1.807) is 6.20 Å². The normalized spacial score (nSPS) is 10.8. The fourth-order valence-electron chi connectivity index (χ4n) is 9.87. The molecular formula is C70H43IrN4. The summed E-state index contributed by atoms with van der Waals surface area (Å²) in [6.07, 6.45) is 5.42. The molecule has 352 valence electrons. The van der Waals surface area contributed by atoms with Gasteiger partial charge >= 0.3 is 20.1 Å². The quantitative estimate of drug-likeness (QED) is 0.121. The maximum atomic E-state index is 10.9. The summed E-state index contributed by atoms with van der Waals surface area (Å²) in [5.41, 5.74) is 22.2. The summed E-state index contributed by atoms with van der Waals surface area (Å²) in [5.74, 6) is 0. The average Bonchev–Trinajstić information content (AvgIpc) is 3.50. The SMILES string of the molecule is N#Cc1cc(-c2ccccc2)ccc1-c1cc(-c2ccccn2)[c-]cc1-c1ccccc1-c1cc(-c2ccccc2-c2c[c-]c(-c3ccccn3)cc2)cc(-c2ccccc2-c2c[c-]c(-c3ccccn3)cc2)c1.[Ir+3]. The Hall–Kier alpha value is -9.43. The topological polar surface area (TPSA) is 62.5 Å². The van der Waals surface area contributed by atoms with Gasteiger partial charge in [0.25, 0.3) is 0 Å². The molecule has 0 saturated carbocycles. The van der Waals surface area contributed by atoms with Crippen molar-refractivity contribution in [1.82, 2.24) is 15.0 Å². The van der Waals surface area contributed by atoms with Gasteiger partial charge in [0.05, 0.1) is 11.6 Å².